The van der Waals surface area contributed by atoms with Crippen LogP contribution in [-0.4, -0.2) is 15.6 Å². The van der Waals surface area contributed by atoms with Crippen molar-refractivity contribution < 1.29 is 18.7 Å². The second-order valence-corrected chi connectivity index (χ2v) is 6.13. The summed E-state index contributed by atoms with van der Waals surface area (Å²) in [5.74, 6) is -2.68. The van der Waals surface area contributed by atoms with Crippen LogP contribution >= 0.6 is 31.9 Å². The molecule has 2 nitrogen and oxygen atoms in total. The van der Waals surface area contributed by atoms with Crippen LogP contribution < -0.4 is 5.11 Å². The average molecular weight is 335 g/mol. The number of carboxylic acid groups (broad SMARTS) is 1. The minimum absolute atomic E-state index is 0.609. The predicted octanol–water partition coefficient (Wildman–Crippen LogP) is 1.76. The Morgan fingerprint density at radius 3 is 2.21 bits per heavy atom. The van der Waals surface area contributed by atoms with Crippen LogP contribution in [0.25, 0.3) is 0 Å². The molecule has 1 aliphatic carbocycles. The lowest BCUT2D eigenvalue weighted by atomic mass is 10.1. The molecule has 1 aliphatic rings. The molecule has 0 aromatic rings. The molecule has 0 aliphatic heterocycles. The third kappa shape index (κ3) is 1.96. The summed E-state index contributed by atoms with van der Waals surface area (Å²) in [6.45, 7) is 3.29. The Morgan fingerprint density at radius 1 is 1.57 bits per heavy atom. The first kappa shape index (κ1) is 12.4. The van der Waals surface area contributed by atoms with Gasteiger partial charge in [0.2, 0.25) is 0 Å². The fourth-order valence-corrected chi connectivity index (χ4v) is 3.15. The minimum Gasteiger partial charge on any atom is -0.550 e. The first-order valence-corrected chi connectivity index (χ1v) is 5.72. The second-order valence-electron chi connectivity index (χ2n) is 4.09. The first-order valence-electron chi connectivity index (χ1n) is 4.01. The number of hydrogen-bond acceptors (Lipinski definition) is 2. The van der Waals surface area contributed by atoms with E-state index in [2.05, 4.69) is 31.9 Å². The summed E-state index contributed by atoms with van der Waals surface area (Å²) in [7, 11) is 0. The molecule has 0 bridgehead atoms. The topological polar surface area (TPSA) is 40.1 Å². The number of carbonyl (C=O) groups excluding carboxylic acids is 1. The number of alkyl halides is 4. The summed E-state index contributed by atoms with van der Waals surface area (Å²) in [6, 6.07) is 0. The SMILES string of the molecule is CC1(C)[C@@H](C(=O)[O-])[C@@H]1C(Br)C(F)(F)Br. The molecule has 1 unspecified atom stereocenters. The molecule has 0 radical (unpaired) electrons. The van der Waals surface area contributed by atoms with Crippen molar-refractivity contribution in [3.05, 3.63) is 0 Å². The molecule has 0 aromatic carbocycles. The Morgan fingerprint density at radius 2 is 2.00 bits per heavy atom. The van der Waals surface area contributed by atoms with Crippen LogP contribution in [0, 0.1) is 17.3 Å². The Bertz CT molecular complexity index is 263. The maximum atomic E-state index is 12.8. The molecule has 0 spiro atoms. The third-order valence-electron chi connectivity index (χ3n) is 2.79. The smallest absolute Gasteiger partial charge is 0.313 e. The van der Waals surface area contributed by atoms with E-state index in [1.807, 2.05) is 0 Å². The van der Waals surface area contributed by atoms with Crippen molar-refractivity contribution >= 4 is 37.8 Å². The van der Waals surface area contributed by atoms with Crippen molar-refractivity contribution in [1.82, 2.24) is 0 Å². The first-order chi connectivity index (χ1) is 6.10. The van der Waals surface area contributed by atoms with Crippen LogP contribution in [0.3, 0.4) is 0 Å². The summed E-state index contributed by atoms with van der Waals surface area (Å²) < 4.78 is 25.7. The molecule has 0 N–H and O–H groups in total. The molecule has 3 atom stereocenters. The Balaban J connectivity index is 2.79. The number of carboxylic acids is 1. The van der Waals surface area contributed by atoms with Gasteiger partial charge in [-0.15, -0.1) is 0 Å². The van der Waals surface area contributed by atoms with Gasteiger partial charge in [0.25, 0.3) is 0 Å². The maximum Gasteiger partial charge on any atom is 0.313 e. The Labute approximate surface area is 97.3 Å². The molecule has 0 amide bonds. The summed E-state index contributed by atoms with van der Waals surface area (Å²) in [5.41, 5.74) is -0.635. The van der Waals surface area contributed by atoms with E-state index in [4.69, 9.17) is 0 Å². The van der Waals surface area contributed by atoms with Gasteiger partial charge >= 0.3 is 4.83 Å². The van der Waals surface area contributed by atoms with E-state index >= 15 is 0 Å². The zero-order chi connectivity index (χ0) is 11.3. The predicted molar refractivity (Wildman–Crippen MR) is 52.4 cm³/mol. The van der Waals surface area contributed by atoms with Crippen molar-refractivity contribution in [3.8, 4) is 0 Å². The zero-order valence-electron chi connectivity index (χ0n) is 7.56. The molecule has 6 heteroatoms. The van der Waals surface area contributed by atoms with E-state index in [0.717, 1.165) is 0 Å². The van der Waals surface area contributed by atoms with Crippen LogP contribution in [0.2, 0.25) is 0 Å². The highest BCUT2D eigenvalue weighted by Crippen LogP contribution is 2.63. The number of aliphatic carboxylic acids is 1. The Hall–Kier alpha value is 0.290. The standard InChI is InChI=1S/C8H10Br2F2O2/c1-7(2)3(4(7)6(13)14)5(9)8(10,11)12/h3-5H,1-2H3,(H,13,14)/p-1/t3-,4-,5?/m1/s1. The summed E-state index contributed by atoms with van der Waals surface area (Å²) in [4.78, 5) is 6.34. The van der Waals surface area contributed by atoms with Crippen LogP contribution in [0.1, 0.15) is 13.8 Å². The van der Waals surface area contributed by atoms with E-state index in [1.54, 1.807) is 13.8 Å². The third-order valence-corrected chi connectivity index (χ3v) is 5.04. The molecule has 1 saturated carbocycles. The van der Waals surface area contributed by atoms with Crippen molar-refractivity contribution in [2.45, 2.75) is 23.5 Å². The molecular weight excluding hydrogens is 326 g/mol. The van der Waals surface area contributed by atoms with Gasteiger partial charge in [0, 0.05) is 11.9 Å². The van der Waals surface area contributed by atoms with Crippen LogP contribution in [0.5, 0.6) is 0 Å². The van der Waals surface area contributed by atoms with E-state index in [-0.39, 0.29) is 0 Å². The molecule has 82 valence electrons. The van der Waals surface area contributed by atoms with E-state index in [0.29, 0.717) is 0 Å². The lowest BCUT2D eigenvalue weighted by Gasteiger charge is -2.17. The fraction of sp³-hybridized carbons (Fsp3) is 0.875. The van der Waals surface area contributed by atoms with Gasteiger partial charge in [-0.25, -0.2) is 0 Å². The number of rotatable bonds is 3. The van der Waals surface area contributed by atoms with Crippen LogP contribution in [0.15, 0.2) is 0 Å². The highest BCUT2D eigenvalue weighted by atomic mass is 79.9. The van der Waals surface area contributed by atoms with Crippen molar-refractivity contribution in [1.29, 1.82) is 0 Å². The van der Waals surface area contributed by atoms with Gasteiger partial charge in [-0.3, -0.25) is 0 Å². The van der Waals surface area contributed by atoms with E-state index < -0.39 is 32.9 Å². The average Bonchev–Trinajstić information content (AvgIpc) is 2.49. The van der Waals surface area contributed by atoms with Gasteiger partial charge in [0.05, 0.1) is 4.83 Å². The van der Waals surface area contributed by atoms with Crippen LogP contribution in [0.4, 0.5) is 8.78 Å². The monoisotopic (exact) mass is 333 g/mol. The van der Waals surface area contributed by atoms with Crippen molar-refractivity contribution in [3.63, 3.8) is 0 Å². The van der Waals surface area contributed by atoms with Gasteiger partial charge in [0.1, 0.15) is 0 Å². The second kappa shape index (κ2) is 3.40. The zero-order valence-corrected chi connectivity index (χ0v) is 10.7. The van der Waals surface area contributed by atoms with Gasteiger partial charge in [0.15, 0.2) is 0 Å². The highest BCUT2D eigenvalue weighted by molar-refractivity contribution is 9.12. The molecular formula is C8H9Br2F2O2-. The lowest BCUT2D eigenvalue weighted by Crippen LogP contribution is -2.29. The fourth-order valence-electron chi connectivity index (χ4n) is 1.88. The van der Waals surface area contributed by atoms with Gasteiger partial charge in [-0.2, -0.15) is 8.78 Å². The normalized spacial score (nSPS) is 32.4. The van der Waals surface area contributed by atoms with Gasteiger partial charge < -0.3 is 9.90 Å². The number of halogens is 4. The van der Waals surface area contributed by atoms with E-state index in [1.165, 1.54) is 0 Å². The van der Waals surface area contributed by atoms with Crippen molar-refractivity contribution in [2.24, 2.45) is 17.3 Å². The van der Waals surface area contributed by atoms with Crippen LogP contribution in [-0.2, 0) is 4.79 Å². The quantitative estimate of drug-likeness (QED) is 0.738. The lowest BCUT2D eigenvalue weighted by molar-refractivity contribution is -0.309. The highest BCUT2D eigenvalue weighted by Gasteiger charge is 2.65. The minimum atomic E-state index is -3.10. The molecule has 0 aromatic heterocycles. The van der Waals surface area contributed by atoms with Crippen molar-refractivity contribution in [2.75, 3.05) is 0 Å². The largest absolute Gasteiger partial charge is 0.550 e. The van der Waals surface area contributed by atoms with Gasteiger partial charge in [-0.1, -0.05) is 29.8 Å². The summed E-state index contributed by atoms with van der Waals surface area (Å²) >= 11 is 5.04. The van der Waals surface area contributed by atoms with E-state index in [9.17, 15) is 18.7 Å². The Kier molecular flexibility index (Phi) is 3.00. The molecule has 1 rings (SSSR count). The number of hydrogen-bond donors (Lipinski definition) is 0. The molecule has 1 fully saturated rings. The maximum absolute atomic E-state index is 12.8. The molecule has 0 saturated heterocycles. The van der Waals surface area contributed by atoms with Gasteiger partial charge in [-0.05, 0) is 27.3 Å². The molecule has 0 heterocycles. The summed E-state index contributed by atoms with van der Waals surface area (Å²) in [6.07, 6.45) is 0. The number of carbonyl (C=O) groups is 1. The molecule has 14 heavy (non-hydrogen) atoms. The summed E-state index contributed by atoms with van der Waals surface area (Å²) in [5, 5.41) is 10.6.